The third-order valence-electron chi connectivity index (χ3n) is 2.41. The van der Waals surface area contributed by atoms with Crippen molar-refractivity contribution < 1.29 is 8.78 Å². The average Bonchev–Trinajstić information content (AvgIpc) is 2.20. The lowest BCUT2D eigenvalue weighted by Crippen LogP contribution is -2.03. The fraction of sp³-hybridized carbons (Fsp3) is 0.455. The molecule has 0 fully saturated rings. The Morgan fingerprint density at radius 2 is 1.93 bits per heavy atom. The molecule has 1 aromatic carbocycles. The van der Waals surface area contributed by atoms with Crippen LogP contribution in [0.2, 0.25) is 0 Å². The normalized spacial score (nSPS) is 15.2. The Bertz CT molecular complexity index is 312. The van der Waals surface area contributed by atoms with Gasteiger partial charge in [0.05, 0.1) is 5.38 Å². The van der Waals surface area contributed by atoms with E-state index in [-0.39, 0.29) is 11.3 Å². The Labute approximate surface area is 87.9 Å². The van der Waals surface area contributed by atoms with Gasteiger partial charge >= 0.3 is 0 Å². The van der Waals surface area contributed by atoms with Gasteiger partial charge in [0.2, 0.25) is 0 Å². The standard InChI is InChI=1S/C11H13ClF2/c1-3-7(2)11(12)8-4-5-9(13)10(14)6-8/h4-7,11H,3H2,1-2H3. The second-order valence-corrected chi connectivity index (χ2v) is 3.93. The molecular formula is C11H13ClF2. The lowest BCUT2D eigenvalue weighted by atomic mass is 9.98. The number of halogens is 3. The van der Waals surface area contributed by atoms with Gasteiger partial charge in [0.15, 0.2) is 11.6 Å². The number of alkyl halides is 1. The number of benzene rings is 1. The van der Waals surface area contributed by atoms with Gasteiger partial charge in [0.25, 0.3) is 0 Å². The highest BCUT2D eigenvalue weighted by Gasteiger charge is 2.16. The van der Waals surface area contributed by atoms with E-state index in [4.69, 9.17) is 11.6 Å². The minimum absolute atomic E-state index is 0.251. The van der Waals surface area contributed by atoms with E-state index in [1.807, 2.05) is 13.8 Å². The first-order valence-corrected chi connectivity index (χ1v) is 5.09. The molecule has 0 aliphatic heterocycles. The van der Waals surface area contributed by atoms with Crippen molar-refractivity contribution in [3.8, 4) is 0 Å². The third kappa shape index (κ3) is 2.44. The molecule has 0 aromatic heterocycles. The first-order chi connectivity index (χ1) is 6.56. The summed E-state index contributed by atoms with van der Waals surface area (Å²) in [5.41, 5.74) is 0.639. The van der Waals surface area contributed by atoms with Crippen molar-refractivity contribution >= 4 is 11.6 Å². The molecule has 0 aliphatic rings. The van der Waals surface area contributed by atoms with Crippen molar-refractivity contribution in [1.82, 2.24) is 0 Å². The molecule has 0 radical (unpaired) electrons. The predicted octanol–water partition coefficient (Wildman–Crippen LogP) is 4.29. The highest BCUT2D eigenvalue weighted by atomic mass is 35.5. The SMILES string of the molecule is CCC(C)C(Cl)c1ccc(F)c(F)c1. The van der Waals surface area contributed by atoms with Gasteiger partial charge in [-0.05, 0) is 23.6 Å². The molecule has 78 valence electrons. The molecule has 1 aromatic rings. The van der Waals surface area contributed by atoms with Crippen LogP contribution in [0.25, 0.3) is 0 Å². The zero-order chi connectivity index (χ0) is 10.7. The highest BCUT2D eigenvalue weighted by Crippen LogP contribution is 2.31. The average molecular weight is 219 g/mol. The van der Waals surface area contributed by atoms with E-state index in [1.165, 1.54) is 12.1 Å². The van der Waals surface area contributed by atoms with E-state index < -0.39 is 11.6 Å². The summed E-state index contributed by atoms with van der Waals surface area (Å²) in [4.78, 5) is 0. The van der Waals surface area contributed by atoms with Crippen molar-refractivity contribution in [2.45, 2.75) is 25.6 Å². The molecule has 2 atom stereocenters. The fourth-order valence-corrected chi connectivity index (χ4v) is 1.53. The van der Waals surface area contributed by atoms with Gasteiger partial charge in [0, 0.05) is 0 Å². The molecule has 0 amide bonds. The van der Waals surface area contributed by atoms with Crippen LogP contribution in [0.4, 0.5) is 8.78 Å². The molecule has 0 aliphatic carbocycles. The monoisotopic (exact) mass is 218 g/mol. The molecule has 0 N–H and O–H groups in total. The topological polar surface area (TPSA) is 0 Å². The smallest absolute Gasteiger partial charge is 0.159 e. The maximum atomic E-state index is 12.9. The van der Waals surface area contributed by atoms with Crippen molar-refractivity contribution in [1.29, 1.82) is 0 Å². The van der Waals surface area contributed by atoms with Gasteiger partial charge in [-0.25, -0.2) is 8.78 Å². The summed E-state index contributed by atoms with van der Waals surface area (Å²) in [6, 6.07) is 3.81. The van der Waals surface area contributed by atoms with Crippen LogP contribution in [0.15, 0.2) is 18.2 Å². The van der Waals surface area contributed by atoms with Crippen molar-refractivity contribution in [2.75, 3.05) is 0 Å². The predicted molar refractivity (Wildman–Crippen MR) is 54.4 cm³/mol. The molecule has 0 bridgehead atoms. The quantitative estimate of drug-likeness (QED) is 0.664. The van der Waals surface area contributed by atoms with E-state index in [1.54, 1.807) is 0 Å². The van der Waals surface area contributed by atoms with Crippen LogP contribution in [-0.4, -0.2) is 0 Å². The molecule has 0 heterocycles. The zero-order valence-electron chi connectivity index (χ0n) is 8.23. The molecule has 14 heavy (non-hydrogen) atoms. The molecule has 0 saturated heterocycles. The summed E-state index contributed by atoms with van der Waals surface area (Å²) >= 11 is 6.09. The van der Waals surface area contributed by atoms with Crippen LogP contribution < -0.4 is 0 Å². The molecular weight excluding hydrogens is 206 g/mol. The number of rotatable bonds is 3. The van der Waals surface area contributed by atoms with Gasteiger partial charge in [-0.2, -0.15) is 0 Å². The lowest BCUT2D eigenvalue weighted by Gasteiger charge is -2.16. The summed E-state index contributed by atoms with van der Waals surface area (Å²) < 4.78 is 25.5. The minimum atomic E-state index is -0.837. The van der Waals surface area contributed by atoms with Crippen LogP contribution in [0.5, 0.6) is 0 Å². The largest absolute Gasteiger partial charge is 0.204 e. The Morgan fingerprint density at radius 1 is 1.29 bits per heavy atom. The Kier molecular flexibility index (Phi) is 3.87. The van der Waals surface area contributed by atoms with Gasteiger partial charge < -0.3 is 0 Å². The van der Waals surface area contributed by atoms with E-state index in [2.05, 4.69) is 0 Å². The third-order valence-corrected chi connectivity index (χ3v) is 3.09. The van der Waals surface area contributed by atoms with Crippen LogP contribution >= 0.6 is 11.6 Å². The van der Waals surface area contributed by atoms with Crippen LogP contribution in [0, 0.1) is 17.6 Å². The minimum Gasteiger partial charge on any atom is -0.204 e. The Hall–Kier alpha value is -0.630. The Morgan fingerprint density at radius 3 is 2.43 bits per heavy atom. The van der Waals surface area contributed by atoms with Crippen LogP contribution in [-0.2, 0) is 0 Å². The number of hydrogen-bond donors (Lipinski definition) is 0. The van der Waals surface area contributed by atoms with E-state index in [0.717, 1.165) is 12.5 Å². The summed E-state index contributed by atoms with van der Waals surface area (Å²) in [5.74, 6) is -1.42. The van der Waals surface area contributed by atoms with Crippen LogP contribution in [0.1, 0.15) is 31.2 Å². The molecule has 0 saturated carbocycles. The van der Waals surface area contributed by atoms with Crippen molar-refractivity contribution in [3.05, 3.63) is 35.4 Å². The van der Waals surface area contributed by atoms with E-state index in [9.17, 15) is 8.78 Å². The summed E-state index contributed by atoms with van der Waals surface area (Å²) in [6.07, 6.45) is 0.910. The second kappa shape index (κ2) is 4.74. The summed E-state index contributed by atoms with van der Waals surface area (Å²) in [5, 5.41) is -0.255. The van der Waals surface area contributed by atoms with E-state index >= 15 is 0 Å². The van der Waals surface area contributed by atoms with E-state index in [0.29, 0.717) is 5.56 Å². The van der Waals surface area contributed by atoms with Crippen LogP contribution in [0.3, 0.4) is 0 Å². The van der Waals surface area contributed by atoms with Gasteiger partial charge in [-0.3, -0.25) is 0 Å². The first kappa shape index (κ1) is 11.4. The second-order valence-electron chi connectivity index (χ2n) is 3.46. The maximum absolute atomic E-state index is 12.9. The highest BCUT2D eigenvalue weighted by molar-refractivity contribution is 6.20. The van der Waals surface area contributed by atoms with Crippen molar-refractivity contribution in [3.63, 3.8) is 0 Å². The maximum Gasteiger partial charge on any atom is 0.159 e. The van der Waals surface area contributed by atoms with Gasteiger partial charge in [-0.1, -0.05) is 26.3 Å². The summed E-state index contributed by atoms with van der Waals surface area (Å²) in [7, 11) is 0. The molecule has 0 spiro atoms. The summed E-state index contributed by atoms with van der Waals surface area (Å²) in [6.45, 7) is 4.00. The molecule has 3 heteroatoms. The first-order valence-electron chi connectivity index (χ1n) is 4.65. The van der Waals surface area contributed by atoms with Crippen molar-refractivity contribution in [2.24, 2.45) is 5.92 Å². The molecule has 1 rings (SSSR count). The Balaban J connectivity index is 2.91. The van der Waals surface area contributed by atoms with Gasteiger partial charge in [-0.15, -0.1) is 11.6 Å². The lowest BCUT2D eigenvalue weighted by molar-refractivity contribution is 0.499. The van der Waals surface area contributed by atoms with Gasteiger partial charge in [0.1, 0.15) is 0 Å². The molecule has 0 nitrogen and oxygen atoms in total. The zero-order valence-corrected chi connectivity index (χ0v) is 8.98. The fourth-order valence-electron chi connectivity index (χ4n) is 1.22. The molecule has 2 unspecified atom stereocenters. The number of hydrogen-bond acceptors (Lipinski definition) is 0.